The van der Waals surface area contributed by atoms with Gasteiger partial charge in [0.05, 0.1) is 0 Å². The minimum absolute atomic E-state index is 0.605. The van der Waals surface area contributed by atoms with E-state index < -0.39 is 0 Å². The maximum absolute atomic E-state index is 5.78. The third kappa shape index (κ3) is 3.67. The Morgan fingerprint density at radius 2 is 2.19 bits per heavy atom. The standard InChI is InChI=1S/C12H17ClN2O/c13-10-1-3-12(4-2-10)16-8-7-15-11-5-6-14-9-11/h1-4,11,14-15H,5-9H2. The Balaban J connectivity index is 1.62. The van der Waals surface area contributed by atoms with E-state index in [9.17, 15) is 0 Å². The second-order valence-corrected chi connectivity index (χ2v) is 4.38. The van der Waals surface area contributed by atoms with Crippen molar-refractivity contribution in [3.05, 3.63) is 29.3 Å². The quantitative estimate of drug-likeness (QED) is 0.769. The van der Waals surface area contributed by atoms with Gasteiger partial charge in [-0.2, -0.15) is 0 Å². The molecule has 4 heteroatoms. The topological polar surface area (TPSA) is 33.3 Å². The molecule has 1 aliphatic heterocycles. The lowest BCUT2D eigenvalue weighted by molar-refractivity contribution is 0.307. The molecule has 1 aromatic carbocycles. The van der Waals surface area contributed by atoms with Gasteiger partial charge in [-0.25, -0.2) is 0 Å². The summed E-state index contributed by atoms with van der Waals surface area (Å²) in [5, 5.41) is 7.51. The lowest BCUT2D eigenvalue weighted by Gasteiger charge is -2.11. The number of hydrogen-bond donors (Lipinski definition) is 2. The molecule has 1 aliphatic rings. The highest BCUT2D eigenvalue weighted by atomic mass is 35.5. The van der Waals surface area contributed by atoms with E-state index in [4.69, 9.17) is 16.3 Å². The molecule has 0 bridgehead atoms. The predicted octanol–water partition coefficient (Wildman–Crippen LogP) is 1.67. The molecule has 16 heavy (non-hydrogen) atoms. The van der Waals surface area contributed by atoms with Crippen LogP contribution in [-0.2, 0) is 0 Å². The fourth-order valence-corrected chi connectivity index (χ4v) is 1.92. The molecule has 1 aromatic rings. The Morgan fingerprint density at radius 1 is 1.38 bits per heavy atom. The van der Waals surface area contributed by atoms with Crippen molar-refractivity contribution in [2.45, 2.75) is 12.5 Å². The van der Waals surface area contributed by atoms with Crippen LogP contribution in [0.1, 0.15) is 6.42 Å². The Kier molecular flexibility index (Phi) is 4.45. The van der Waals surface area contributed by atoms with Gasteiger partial charge in [0.25, 0.3) is 0 Å². The average Bonchev–Trinajstić information content (AvgIpc) is 2.80. The molecule has 0 aromatic heterocycles. The Bertz CT molecular complexity index is 309. The van der Waals surface area contributed by atoms with Crippen molar-refractivity contribution in [2.24, 2.45) is 0 Å². The first kappa shape index (κ1) is 11.7. The molecule has 3 nitrogen and oxygen atoms in total. The fourth-order valence-electron chi connectivity index (χ4n) is 1.79. The first-order valence-electron chi connectivity index (χ1n) is 5.67. The van der Waals surface area contributed by atoms with Crippen LogP contribution in [0.15, 0.2) is 24.3 Å². The number of hydrogen-bond acceptors (Lipinski definition) is 3. The molecule has 1 unspecified atom stereocenters. The molecule has 2 N–H and O–H groups in total. The maximum atomic E-state index is 5.78. The molecule has 1 saturated heterocycles. The third-order valence-corrected chi connectivity index (χ3v) is 2.93. The minimum Gasteiger partial charge on any atom is -0.492 e. The van der Waals surface area contributed by atoms with Crippen molar-refractivity contribution in [1.82, 2.24) is 10.6 Å². The molecule has 2 rings (SSSR count). The van der Waals surface area contributed by atoms with Gasteiger partial charge in [0.1, 0.15) is 12.4 Å². The first-order chi connectivity index (χ1) is 7.84. The third-order valence-electron chi connectivity index (χ3n) is 2.68. The van der Waals surface area contributed by atoms with Gasteiger partial charge in [-0.3, -0.25) is 0 Å². The van der Waals surface area contributed by atoms with Gasteiger partial charge in [-0.1, -0.05) is 11.6 Å². The predicted molar refractivity (Wildman–Crippen MR) is 66.2 cm³/mol. The lowest BCUT2D eigenvalue weighted by Crippen LogP contribution is -2.34. The van der Waals surface area contributed by atoms with Crippen molar-refractivity contribution in [1.29, 1.82) is 0 Å². The average molecular weight is 241 g/mol. The smallest absolute Gasteiger partial charge is 0.119 e. The van der Waals surface area contributed by atoms with Crippen LogP contribution in [0.3, 0.4) is 0 Å². The van der Waals surface area contributed by atoms with Crippen LogP contribution in [-0.4, -0.2) is 32.3 Å². The zero-order chi connectivity index (χ0) is 11.2. The Morgan fingerprint density at radius 3 is 2.88 bits per heavy atom. The molecule has 0 spiro atoms. The van der Waals surface area contributed by atoms with Crippen LogP contribution >= 0.6 is 11.6 Å². The zero-order valence-electron chi connectivity index (χ0n) is 9.21. The zero-order valence-corrected chi connectivity index (χ0v) is 9.96. The van der Waals surface area contributed by atoms with E-state index in [0.717, 1.165) is 30.4 Å². The van der Waals surface area contributed by atoms with Crippen LogP contribution in [0.4, 0.5) is 0 Å². The monoisotopic (exact) mass is 240 g/mol. The normalized spacial score (nSPS) is 19.9. The number of benzene rings is 1. The Labute approximate surface area is 101 Å². The molecule has 0 saturated carbocycles. The van der Waals surface area contributed by atoms with Gasteiger partial charge in [0.15, 0.2) is 0 Å². The molecular formula is C12H17ClN2O. The van der Waals surface area contributed by atoms with Crippen LogP contribution in [0.2, 0.25) is 5.02 Å². The van der Waals surface area contributed by atoms with E-state index in [1.165, 1.54) is 6.42 Å². The summed E-state index contributed by atoms with van der Waals surface area (Å²) in [5.41, 5.74) is 0. The van der Waals surface area contributed by atoms with Gasteiger partial charge in [0.2, 0.25) is 0 Å². The van der Waals surface area contributed by atoms with Gasteiger partial charge < -0.3 is 15.4 Å². The second-order valence-electron chi connectivity index (χ2n) is 3.95. The summed E-state index contributed by atoms with van der Waals surface area (Å²) in [6.07, 6.45) is 1.21. The van der Waals surface area contributed by atoms with Crippen molar-refractivity contribution >= 4 is 11.6 Å². The summed E-state index contributed by atoms with van der Waals surface area (Å²) < 4.78 is 5.58. The fraction of sp³-hybridized carbons (Fsp3) is 0.500. The molecule has 0 radical (unpaired) electrons. The highest BCUT2D eigenvalue weighted by Gasteiger charge is 2.12. The number of ether oxygens (including phenoxy) is 1. The molecular weight excluding hydrogens is 224 g/mol. The van der Waals surface area contributed by atoms with Crippen molar-refractivity contribution in [2.75, 3.05) is 26.2 Å². The second kappa shape index (κ2) is 6.09. The molecule has 1 heterocycles. The summed E-state index contributed by atoms with van der Waals surface area (Å²) in [6.45, 7) is 3.77. The van der Waals surface area contributed by atoms with Crippen LogP contribution in [0.5, 0.6) is 5.75 Å². The summed E-state index contributed by atoms with van der Waals surface area (Å²) in [7, 11) is 0. The highest BCUT2D eigenvalue weighted by Crippen LogP contribution is 2.15. The van der Waals surface area contributed by atoms with Crippen molar-refractivity contribution in [3.8, 4) is 5.75 Å². The summed E-state index contributed by atoms with van der Waals surface area (Å²) in [6, 6.07) is 8.06. The molecule has 1 fully saturated rings. The number of nitrogens with one attached hydrogen (secondary N) is 2. The van der Waals surface area contributed by atoms with E-state index in [2.05, 4.69) is 10.6 Å². The van der Waals surface area contributed by atoms with Crippen molar-refractivity contribution in [3.63, 3.8) is 0 Å². The van der Waals surface area contributed by atoms with Gasteiger partial charge in [-0.15, -0.1) is 0 Å². The molecule has 0 aliphatic carbocycles. The van der Waals surface area contributed by atoms with Crippen LogP contribution in [0, 0.1) is 0 Å². The minimum atomic E-state index is 0.605. The molecule has 88 valence electrons. The maximum Gasteiger partial charge on any atom is 0.119 e. The van der Waals surface area contributed by atoms with E-state index in [1.807, 2.05) is 24.3 Å². The van der Waals surface area contributed by atoms with E-state index >= 15 is 0 Å². The van der Waals surface area contributed by atoms with Crippen LogP contribution < -0.4 is 15.4 Å². The van der Waals surface area contributed by atoms with Gasteiger partial charge in [0, 0.05) is 24.2 Å². The number of rotatable bonds is 5. The SMILES string of the molecule is Clc1ccc(OCCNC2CCNC2)cc1. The van der Waals surface area contributed by atoms with E-state index in [1.54, 1.807) is 0 Å². The molecule has 1 atom stereocenters. The number of halogens is 1. The van der Waals surface area contributed by atoms with Crippen LogP contribution in [0.25, 0.3) is 0 Å². The van der Waals surface area contributed by atoms with E-state index in [0.29, 0.717) is 12.6 Å². The lowest BCUT2D eigenvalue weighted by atomic mass is 10.3. The van der Waals surface area contributed by atoms with E-state index in [-0.39, 0.29) is 0 Å². The summed E-state index contributed by atoms with van der Waals surface area (Å²) >= 11 is 5.78. The van der Waals surface area contributed by atoms with Gasteiger partial charge in [-0.05, 0) is 37.2 Å². The highest BCUT2D eigenvalue weighted by molar-refractivity contribution is 6.30. The Hall–Kier alpha value is -0.770. The van der Waals surface area contributed by atoms with Gasteiger partial charge >= 0.3 is 0 Å². The van der Waals surface area contributed by atoms with Crippen molar-refractivity contribution < 1.29 is 4.74 Å². The largest absolute Gasteiger partial charge is 0.492 e. The summed E-state index contributed by atoms with van der Waals surface area (Å²) in [5.74, 6) is 0.871. The first-order valence-corrected chi connectivity index (χ1v) is 6.05. The summed E-state index contributed by atoms with van der Waals surface area (Å²) in [4.78, 5) is 0. The molecule has 0 amide bonds.